The van der Waals surface area contributed by atoms with Crippen molar-refractivity contribution < 1.29 is 14.7 Å². The molecular formula is C13H13N3O3. The zero-order chi connectivity index (χ0) is 13.8. The van der Waals surface area contributed by atoms with E-state index in [9.17, 15) is 9.59 Å². The van der Waals surface area contributed by atoms with E-state index in [1.54, 1.807) is 24.3 Å². The first-order valence-corrected chi connectivity index (χ1v) is 5.85. The zero-order valence-electron chi connectivity index (χ0n) is 10.2. The molecule has 6 heteroatoms. The molecule has 0 aromatic heterocycles. The van der Waals surface area contributed by atoms with Gasteiger partial charge in [0.15, 0.2) is 0 Å². The molecule has 1 unspecified atom stereocenters. The Morgan fingerprint density at radius 1 is 1.47 bits per heavy atom. The molecule has 1 atom stereocenters. The Morgan fingerprint density at radius 3 is 2.74 bits per heavy atom. The molecule has 1 aliphatic rings. The number of benzene rings is 1. The molecular weight excluding hydrogens is 246 g/mol. The van der Waals surface area contributed by atoms with Gasteiger partial charge in [-0.2, -0.15) is 5.26 Å². The van der Waals surface area contributed by atoms with Crippen LogP contribution in [0.2, 0.25) is 0 Å². The topological polar surface area (TPSA) is 93.4 Å². The van der Waals surface area contributed by atoms with Crippen molar-refractivity contribution in [3.8, 4) is 6.07 Å². The molecule has 0 saturated carbocycles. The lowest BCUT2D eigenvalue weighted by atomic mass is 10.1. The summed E-state index contributed by atoms with van der Waals surface area (Å²) in [5, 5.41) is 20.2. The van der Waals surface area contributed by atoms with Crippen molar-refractivity contribution in [3.05, 3.63) is 29.8 Å². The van der Waals surface area contributed by atoms with E-state index in [1.165, 1.54) is 0 Å². The van der Waals surface area contributed by atoms with Gasteiger partial charge in [-0.25, -0.2) is 0 Å². The number of amides is 1. The number of nitrogens with one attached hydrogen (secondary N) is 1. The molecule has 1 amide bonds. The van der Waals surface area contributed by atoms with Gasteiger partial charge >= 0.3 is 5.97 Å². The van der Waals surface area contributed by atoms with Crippen molar-refractivity contribution in [1.29, 1.82) is 5.26 Å². The molecule has 0 aliphatic carbocycles. The molecule has 1 saturated heterocycles. The molecule has 98 valence electrons. The number of carboxylic acids is 1. The van der Waals surface area contributed by atoms with Crippen molar-refractivity contribution in [2.75, 3.05) is 18.0 Å². The summed E-state index contributed by atoms with van der Waals surface area (Å²) in [6.07, 6.45) is -0.0987. The van der Waals surface area contributed by atoms with Gasteiger partial charge in [-0.3, -0.25) is 9.59 Å². The maximum atomic E-state index is 11.6. The number of carbonyl (C=O) groups is 2. The van der Waals surface area contributed by atoms with Crippen LogP contribution in [0.1, 0.15) is 12.0 Å². The summed E-state index contributed by atoms with van der Waals surface area (Å²) >= 11 is 0. The molecule has 6 nitrogen and oxygen atoms in total. The third-order valence-corrected chi connectivity index (χ3v) is 2.92. The molecule has 1 aromatic carbocycles. The maximum Gasteiger partial charge on any atom is 0.305 e. The lowest BCUT2D eigenvalue weighted by molar-refractivity contribution is -0.137. The van der Waals surface area contributed by atoms with Crippen molar-refractivity contribution in [2.24, 2.45) is 0 Å². The number of aliphatic carboxylic acids is 1. The lowest BCUT2D eigenvalue weighted by Gasteiger charge is -2.34. The first-order valence-electron chi connectivity index (χ1n) is 5.85. The molecule has 2 N–H and O–H groups in total. The Hall–Kier alpha value is -2.55. The number of nitriles is 1. The third kappa shape index (κ3) is 3.22. The minimum absolute atomic E-state index is 0.0987. The third-order valence-electron chi connectivity index (χ3n) is 2.92. The van der Waals surface area contributed by atoms with Crippen LogP contribution in [0.25, 0.3) is 0 Å². The predicted octanol–water partition coefficient (Wildman–Crippen LogP) is 0.338. The fourth-order valence-electron chi connectivity index (χ4n) is 2.09. The van der Waals surface area contributed by atoms with E-state index in [-0.39, 0.29) is 18.9 Å². The van der Waals surface area contributed by atoms with Crippen LogP contribution in [0, 0.1) is 11.3 Å². The number of rotatable bonds is 3. The number of carboxylic acid groups (broad SMARTS) is 1. The Labute approximate surface area is 110 Å². The van der Waals surface area contributed by atoms with Crippen molar-refractivity contribution in [1.82, 2.24) is 5.32 Å². The molecule has 0 bridgehead atoms. The summed E-state index contributed by atoms with van der Waals surface area (Å²) < 4.78 is 0. The van der Waals surface area contributed by atoms with Crippen LogP contribution in [0.3, 0.4) is 0 Å². The SMILES string of the molecule is N#Cc1ccc(N2CC(=O)NC(CC(=O)O)C2)cc1. The summed E-state index contributed by atoms with van der Waals surface area (Å²) in [4.78, 5) is 24.1. The molecule has 1 aromatic rings. The largest absolute Gasteiger partial charge is 0.481 e. The first-order chi connectivity index (χ1) is 9.08. The van der Waals surface area contributed by atoms with E-state index in [1.807, 2.05) is 11.0 Å². The van der Waals surface area contributed by atoms with E-state index in [4.69, 9.17) is 10.4 Å². The van der Waals surface area contributed by atoms with Gasteiger partial charge in [0.05, 0.1) is 30.6 Å². The molecule has 19 heavy (non-hydrogen) atoms. The summed E-state index contributed by atoms with van der Waals surface area (Å²) in [5.41, 5.74) is 1.36. The van der Waals surface area contributed by atoms with Crippen LogP contribution >= 0.6 is 0 Å². The van der Waals surface area contributed by atoms with Crippen LogP contribution in [0.15, 0.2) is 24.3 Å². The van der Waals surface area contributed by atoms with Crippen LogP contribution in [0.5, 0.6) is 0 Å². The first kappa shape index (κ1) is 12.9. The van der Waals surface area contributed by atoms with Gasteiger partial charge in [0.2, 0.25) is 5.91 Å². The van der Waals surface area contributed by atoms with Gasteiger partial charge in [0.25, 0.3) is 0 Å². The number of piperazine rings is 1. The summed E-state index contributed by atoms with van der Waals surface area (Å²) in [6.45, 7) is 0.645. The number of hydrogen-bond acceptors (Lipinski definition) is 4. The van der Waals surface area contributed by atoms with Crippen LogP contribution in [0.4, 0.5) is 5.69 Å². The van der Waals surface area contributed by atoms with Crippen molar-refractivity contribution in [3.63, 3.8) is 0 Å². The van der Waals surface area contributed by atoms with Crippen LogP contribution in [-0.2, 0) is 9.59 Å². The normalized spacial score (nSPS) is 18.6. The Morgan fingerprint density at radius 2 is 2.16 bits per heavy atom. The van der Waals surface area contributed by atoms with Crippen molar-refractivity contribution >= 4 is 17.6 Å². The number of anilines is 1. The summed E-state index contributed by atoms with van der Waals surface area (Å²) in [5.74, 6) is -1.13. The van der Waals surface area contributed by atoms with Crippen LogP contribution < -0.4 is 10.2 Å². The average Bonchev–Trinajstić information content (AvgIpc) is 2.37. The smallest absolute Gasteiger partial charge is 0.305 e. The Kier molecular flexibility index (Phi) is 3.66. The highest BCUT2D eigenvalue weighted by Crippen LogP contribution is 2.17. The highest BCUT2D eigenvalue weighted by Gasteiger charge is 2.26. The van der Waals surface area contributed by atoms with Crippen molar-refractivity contribution in [2.45, 2.75) is 12.5 Å². The number of nitrogens with zero attached hydrogens (tertiary/aromatic N) is 2. The monoisotopic (exact) mass is 259 g/mol. The number of hydrogen-bond donors (Lipinski definition) is 2. The fourth-order valence-corrected chi connectivity index (χ4v) is 2.09. The standard InChI is InChI=1S/C13H13N3O3/c14-6-9-1-3-11(4-2-9)16-7-10(5-13(18)19)15-12(17)8-16/h1-4,10H,5,7-8H2,(H,15,17)(H,18,19). The minimum Gasteiger partial charge on any atom is -0.481 e. The molecule has 0 radical (unpaired) electrons. The molecule has 2 rings (SSSR count). The molecule has 1 aliphatic heterocycles. The minimum atomic E-state index is -0.938. The Balaban J connectivity index is 2.12. The molecule has 1 heterocycles. The fraction of sp³-hybridized carbons (Fsp3) is 0.308. The second-order valence-corrected chi connectivity index (χ2v) is 4.40. The zero-order valence-corrected chi connectivity index (χ0v) is 10.2. The van der Waals surface area contributed by atoms with Gasteiger partial charge < -0.3 is 15.3 Å². The van der Waals surface area contributed by atoms with Gasteiger partial charge in [-0.1, -0.05) is 0 Å². The molecule has 1 fully saturated rings. The second-order valence-electron chi connectivity index (χ2n) is 4.40. The lowest BCUT2D eigenvalue weighted by Crippen LogP contribution is -2.54. The van der Waals surface area contributed by atoms with Gasteiger partial charge in [-0.15, -0.1) is 0 Å². The maximum absolute atomic E-state index is 11.6. The van der Waals surface area contributed by atoms with E-state index >= 15 is 0 Å². The summed E-state index contributed by atoms with van der Waals surface area (Å²) in [7, 11) is 0. The van der Waals surface area contributed by atoms with E-state index in [0.717, 1.165) is 5.69 Å². The van der Waals surface area contributed by atoms with E-state index in [0.29, 0.717) is 12.1 Å². The van der Waals surface area contributed by atoms with E-state index < -0.39 is 12.0 Å². The quantitative estimate of drug-likeness (QED) is 0.816. The Bertz CT molecular complexity index is 531. The molecule has 0 spiro atoms. The summed E-state index contributed by atoms with van der Waals surface area (Å²) in [6, 6.07) is 8.50. The van der Waals surface area contributed by atoms with Gasteiger partial charge in [0, 0.05) is 12.2 Å². The van der Waals surface area contributed by atoms with E-state index in [2.05, 4.69) is 5.32 Å². The highest BCUT2D eigenvalue weighted by atomic mass is 16.4. The number of carbonyl (C=O) groups excluding carboxylic acids is 1. The van der Waals surface area contributed by atoms with Crippen LogP contribution in [-0.4, -0.2) is 36.1 Å². The highest BCUT2D eigenvalue weighted by molar-refractivity contribution is 5.84. The van der Waals surface area contributed by atoms with Gasteiger partial charge in [-0.05, 0) is 24.3 Å². The van der Waals surface area contributed by atoms with Gasteiger partial charge in [0.1, 0.15) is 0 Å². The second kappa shape index (κ2) is 5.40. The predicted molar refractivity (Wildman–Crippen MR) is 67.6 cm³/mol. The average molecular weight is 259 g/mol.